The fourth-order valence-electron chi connectivity index (χ4n) is 5.32. The minimum atomic E-state index is -0.0681. The van der Waals surface area contributed by atoms with Gasteiger partial charge in [-0.1, -0.05) is 114 Å². The summed E-state index contributed by atoms with van der Waals surface area (Å²) in [6, 6.07) is 16.7. The zero-order chi connectivity index (χ0) is 31.2. The number of rotatable bonds is 24. The molecule has 0 saturated carbocycles. The number of hydrogen-bond acceptors (Lipinski definition) is 6. The summed E-state index contributed by atoms with van der Waals surface area (Å²) in [6.45, 7) is 6.59. The van der Waals surface area contributed by atoms with Crippen molar-refractivity contribution in [2.45, 2.75) is 117 Å². The van der Waals surface area contributed by atoms with Gasteiger partial charge in [0.25, 0.3) is 0 Å². The molecular formula is C38H54O6. The van der Waals surface area contributed by atoms with Gasteiger partial charge in [0.1, 0.15) is 11.5 Å². The van der Waals surface area contributed by atoms with E-state index in [1.807, 2.05) is 0 Å². The molecule has 0 spiro atoms. The molecule has 0 heterocycles. The van der Waals surface area contributed by atoms with Crippen LogP contribution in [0, 0.1) is 0 Å². The van der Waals surface area contributed by atoms with Crippen LogP contribution in [-0.2, 0) is 19.1 Å². The highest BCUT2D eigenvalue weighted by Gasteiger charge is 2.16. The van der Waals surface area contributed by atoms with Gasteiger partial charge < -0.3 is 18.9 Å². The molecule has 0 radical (unpaired) electrons. The molecule has 6 nitrogen and oxygen atoms in total. The van der Waals surface area contributed by atoms with Gasteiger partial charge in [-0.25, -0.2) is 0 Å². The Morgan fingerprint density at radius 1 is 0.455 bits per heavy atom. The Morgan fingerprint density at radius 2 is 0.795 bits per heavy atom. The Bertz CT molecular complexity index is 1100. The first-order valence-corrected chi connectivity index (χ1v) is 17.2. The number of carbonyl (C=O) groups excluding carboxylic acids is 2. The van der Waals surface area contributed by atoms with E-state index in [1.165, 1.54) is 0 Å². The van der Waals surface area contributed by atoms with Crippen molar-refractivity contribution < 1.29 is 28.5 Å². The van der Waals surface area contributed by atoms with E-state index in [0.29, 0.717) is 39.3 Å². The zero-order valence-electron chi connectivity index (χ0n) is 27.2. The smallest absolute Gasteiger partial charge is 0.305 e. The third-order valence-corrected chi connectivity index (χ3v) is 7.90. The summed E-state index contributed by atoms with van der Waals surface area (Å²) in [4.78, 5) is 23.5. The van der Waals surface area contributed by atoms with E-state index in [1.54, 1.807) is 0 Å². The predicted molar refractivity (Wildman–Crippen MR) is 180 cm³/mol. The Kier molecular flexibility index (Phi) is 17.1. The van der Waals surface area contributed by atoms with Gasteiger partial charge in [-0.3, -0.25) is 9.59 Å². The molecule has 0 atom stereocenters. The normalized spacial score (nSPS) is 11.1. The molecule has 44 heavy (non-hydrogen) atoms. The number of hydrogen-bond donors (Lipinski definition) is 0. The summed E-state index contributed by atoms with van der Waals surface area (Å²) in [5.41, 5.74) is 0. The number of esters is 2. The van der Waals surface area contributed by atoms with E-state index in [0.717, 1.165) is 123 Å². The number of ether oxygens (including phenoxy) is 4. The van der Waals surface area contributed by atoms with Gasteiger partial charge in [0.15, 0.2) is 0 Å². The molecular weight excluding hydrogens is 552 g/mol. The second-order valence-corrected chi connectivity index (χ2v) is 11.6. The summed E-state index contributed by atoms with van der Waals surface area (Å²) in [5, 5.41) is 4.31. The number of carbonyl (C=O) groups is 2. The Hall–Kier alpha value is -3.28. The second kappa shape index (κ2) is 21.4. The lowest BCUT2D eigenvalue weighted by atomic mass is 10.0. The molecule has 0 aliphatic rings. The van der Waals surface area contributed by atoms with Crippen molar-refractivity contribution >= 4 is 33.5 Å². The van der Waals surface area contributed by atoms with E-state index in [2.05, 4.69) is 62.4 Å². The summed E-state index contributed by atoms with van der Waals surface area (Å²) in [6.07, 6.45) is 15.1. The Balaban J connectivity index is 1.45. The van der Waals surface area contributed by atoms with Crippen LogP contribution in [0.15, 0.2) is 48.5 Å². The van der Waals surface area contributed by atoms with E-state index < -0.39 is 0 Å². The molecule has 6 heteroatoms. The topological polar surface area (TPSA) is 71.1 Å². The van der Waals surface area contributed by atoms with Crippen LogP contribution in [0.5, 0.6) is 11.5 Å². The summed E-state index contributed by atoms with van der Waals surface area (Å²) in [7, 11) is 0. The maximum absolute atomic E-state index is 11.8. The van der Waals surface area contributed by atoms with Gasteiger partial charge in [0, 0.05) is 34.4 Å². The van der Waals surface area contributed by atoms with Crippen molar-refractivity contribution in [2.75, 3.05) is 26.4 Å². The maximum Gasteiger partial charge on any atom is 0.305 e. The monoisotopic (exact) mass is 606 g/mol. The molecule has 0 N–H and O–H groups in total. The van der Waals surface area contributed by atoms with Gasteiger partial charge in [-0.15, -0.1) is 0 Å². The van der Waals surface area contributed by atoms with Gasteiger partial charge >= 0.3 is 11.9 Å². The van der Waals surface area contributed by atoms with E-state index in [-0.39, 0.29) is 11.9 Å². The maximum atomic E-state index is 11.8. The predicted octanol–water partition coefficient (Wildman–Crippen LogP) is 10.1. The van der Waals surface area contributed by atoms with Crippen LogP contribution in [0.1, 0.15) is 117 Å². The van der Waals surface area contributed by atoms with Crippen LogP contribution in [0.2, 0.25) is 0 Å². The summed E-state index contributed by atoms with van der Waals surface area (Å²) in [5.74, 6) is 1.71. The van der Waals surface area contributed by atoms with Crippen LogP contribution >= 0.6 is 0 Å². The molecule has 3 aromatic carbocycles. The molecule has 0 unspecified atom stereocenters. The van der Waals surface area contributed by atoms with Crippen molar-refractivity contribution in [2.24, 2.45) is 0 Å². The van der Waals surface area contributed by atoms with Crippen LogP contribution in [0.25, 0.3) is 21.5 Å². The molecule has 0 aromatic heterocycles. The highest BCUT2D eigenvalue weighted by atomic mass is 16.5. The van der Waals surface area contributed by atoms with E-state index in [9.17, 15) is 9.59 Å². The lowest BCUT2D eigenvalue weighted by Crippen LogP contribution is -2.05. The molecule has 0 bridgehead atoms. The average molecular weight is 607 g/mol. The van der Waals surface area contributed by atoms with Crippen LogP contribution < -0.4 is 9.47 Å². The van der Waals surface area contributed by atoms with Gasteiger partial charge in [-0.2, -0.15) is 0 Å². The molecule has 0 aliphatic heterocycles. The average Bonchev–Trinajstić information content (AvgIpc) is 3.04. The van der Waals surface area contributed by atoms with Crippen molar-refractivity contribution in [3.8, 4) is 11.5 Å². The first kappa shape index (κ1) is 35.2. The van der Waals surface area contributed by atoms with Crippen molar-refractivity contribution in [1.29, 1.82) is 0 Å². The quantitative estimate of drug-likeness (QED) is 0.0574. The van der Waals surface area contributed by atoms with Crippen molar-refractivity contribution in [3.63, 3.8) is 0 Å². The van der Waals surface area contributed by atoms with Crippen molar-refractivity contribution in [1.82, 2.24) is 0 Å². The Labute approximate surface area is 264 Å². The first-order valence-electron chi connectivity index (χ1n) is 17.2. The van der Waals surface area contributed by atoms with Gasteiger partial charge in [0.2, 0.25) is 0 Å². The standard InChI is InChI=1S/C38H54O6/c1-3-5-27-41-35(39)25-13-9-7-11-19-29-43-37-31-21-15-17-23-33(31)38(34-24-18-16-22-32(34)37)44-30-20-12-8-10-14-26-36(40)42-28-6-4-2/h15-18,21-24H,3-14,19-20,25-30H2,1-2H3. The molecule has 242 valence electrons. The van der Waals surface area contributed by atoms with Crippen molar-refractivity contribution in [3.05, 3.63) is 48.5 Å². The highest BCUT2D eigenvalue weighted by Crippen LogP contribution is 2.42. The van der Waals surface area contributed by atoms with Gasteiger partial charge in [0.05, 0.1) is 26.4 Å². The van der Waals surface area contributed by atoms with Crippen LogP contribution in [0.4, 0.5) is 0 Å². The highest BCUT2D eigenvalue weighted by molar-refractivity contribution is 6.11. The fourth-order valence-corrected chi connectivity index (χ4v) is 5.32. The minimum Gasteiger partial charge on any atom is -0.492 e. The lowest BCUT2D eigenvalue weighted by Gasteiger charge is -2.18. The minimum absolute atomic E-state index is 0.0681. The number of fused-ring (bicyclic) bond motifs is 2. The molecule has 3 rings (SSSR count). The third-order valence-electron chi connectivity index (χ3n) is 7.90. The lowest BCUT2D eigenvalue weighted by molar-refractivity contribution is -0.144. The van der Waals surface area contributed by atoms with Gasteiger partial charge in [-0.05, 0) is 38.5 Å². The zero-order valence-corrected chi connectivity index (χ0v) is 27.2. The second-order valence-electron chi connectivity index (χ2n) is 11.6. The van der Waals surface area contributed by atoms with E-state index in [4.69, 9.17) is 18.9 Å². The molecule has 0 fully saturated rings. The third kappa shape index (κ3) is 12.4. The first-order chi connectivity index (χ1) is 21.7. The Morgan fingerprint density at radius 3 is 1.16 bits per heavy atom. The molecule has 0 amide bonds. The van der Waals surface area contributed by atoms with Crippen LogP contribution in [0.3, 0.4) is 0 Å². The summed E-state index contributed by atoms with van der Waals surface area (Å²) >= 11 is 0. The number of unbranched alkanes of at least 4 members (excludes halogenated alkanes) is 10. The van der Waals surface area contributed by atoms with E-state index >= 15 is 0 Å². The SMILES string of the molecule is CCCCOC(=O)CCCCCCCOc1c2ccccc2c(OCCCCCCCC(=O)OCCCC)c2ccccc12. The molecule has 3 aromatic rings. The van der Waals surface area contributed by atoms with Crippen LogP contribution in [-0.4, -0.2) is 38.4 Å². The molecule has 0 aliphatic carbocycles. The fraction of sp³-hybridized carbons (Fsp3) is 0.579. The largest absolute Gasteiger partial charge is 0.492 e. The summed E-state index contributed by atoms with van der Waals surface area (Å²) < 4.78 is 23.4. The number of benzene rings is 3. The molecule has 0 saturated heterocycles.